The Hall–Kier alpha value is -2.00. The lowest BCUT2D eigenvalue weighted by Crippen LogP contribution is -2.62. The van der Waals surface area contributed by atoms with Crippen LogP contribution >= 0.6 is 11.6 Å². The number of hydrogen-bond acceptors (Lipinski definition) is 3. The molecular formula is C20H23ClF3N3O3. The van der Waals surface area contributed by atoms with Gasteiger partial charge < -0.3 is 19.9 Å². The van der Waals surface area contributed by atoms with E-state index >= 15 is 0 Å². The maximum atomic E-state index is 15.0. The van der Waals surface area contributed by atoms with Crippen LogP contribution in [0.2, 0.25) is 5.02 Å². The number of urea groups is 1. The van der Waals surface area contributed by atoms with E-state index in [1.54, 1.807) is 9.80 Å². The molecule has 2 unspecified atom stereocenters. The lowest BCUT2D eigenvalue weighted by Gasteiger charge is -2.44. The van der Waals surface area contributed by atoms with Crippen LogP contribution in [-0.4, -0.2) is 66.7 Å². The quantitative estimate of drug-likeness (QED) is 0.761. The van der Waals surface area contributed by atoms with Gasteiger partial charge in [-0.25, -0.2) is 18.0 Å². The van der Waals surface area contributed by atoms with Crippen LogP contribution in [0.1, 0.15) is 24.8 Å². The summed E-state index contributed by atoms with van der Waals surface area (Å²) in [7, 11) is 0. The molecule has 0 aliphatic carbocycles. The first-order chi connectivity index (χ1) is 14.3. The molecular weight excluding hydrogens is 423 g/mol. The van der Waals surface area contributed by atoms with Gasteiger partial charge in [-0.15, -0.1) is 0 Å². The standard InChI is InChI=1S/C20H23ClF3N3O3/c21-15-9-13(22)1-2-14(15)20(23,24)12-3-6-26(7-4-12)19(29)27-8-5-17-16(10-27)25-18(28)11-30-17/h1-2,9,12,16-17H,3-8,10-11H2,(H,25,28). The molecule has 30 heavy (non-hydrogen) atoms. The summed E-state index contributed by atoms with van der Waals surface area (Å²) in [5.74, 6) is -5.06. The van der Waals surface area contributed by atoms with Crippen molar-refractivity contribution in [3.63, 3.8) is 0 Å². The number of likely N-dealkylation sites (tertiary alicyclic amines) is 2. The lowest BCUT2D eigenvalue weighted by atomic mass is 9.86. The zero-order chi connectivity index (χ0) is 21.5. The monoisotopic (exact) mass is 445 g/mol. The van der Waals surface area contributed by atoms with Crippen molar-refractivity contribution < 1.29 is 27.5 Å². The third-order valence-electron chi connectivity index (χ3n) is 6.16. The Morgan fingerprint density at radius 1 is 1.17 bits per heavy atom. The van der Waals surface area contributed by atoms with Crippen molar-refractivity contribution in [3.8, 4) is 0 Å². The first kappa shape index (κ1) is 21.2. The summed E-state index contributed by atoms with van der Waals surface area (Å²) in [4.78, 5) is 27.6. The highest BCUT2D eigenvalue weighted by Crippen LogP contribution is 2.44. The molecule has 0 spiro atoms. The molecule has 3 aliphatic heterocycles. The number of nitrogens with zero attached hydrogens (tertiary/aromatic N) is 2. The minimum absolute atomic E-state index is 0.0366. The van der Waals surface area contributed by atoms with Crippen LogP contribution in [0, 0.1) is 11.7 Å². The molecule has 3 saturated heterocycles. The Bertz CT molecular complexity index is 833. The average molecular weight is 446 g/mol. The molecule has 4 rings (SSSR count). The molecule has 3 fully saturated rings. The summed E-state index contributed by atoms with van der Waals surface area (Å²) >= 11 is 5.85. The highest BCUT2D eigenvalue weighted by atomic mass is 35.5. The topological polar surface area (TPSA) is 61.9 Å². The van der Waals surface area contributed by atoms with Crippen molar-refractivity contribution in [2.24, 2.45) is 5.92 Å². The Labute approximate surface area is 177 Å². The third-order valence-corrected chi connectivity index (χ3v) is 6.48. The highest BCUT2D eigenvalue weighted by Gasteiger charge is 2.45. The van der Waals surface area contributed by atoms with Crippen LogP contribution in [0.5, 0.6) is 0 Å². The summed E-state index contributed by atoms with van der Waals surface area (Å²) in [6, 6.07) is 2.44. The number of fused-ring (bicyclic) bond motifs is 1. The normalized spacial score (nSPS) is 25.7. The number of nitrogens with one attached hydrogen (secondary N) is 1. The lowest BCUT2D eigenvalue weighted by molar-refractivity contribution is -0.139. The van der Waals surface area contributed by atoms with E-state index in [0.29, 0.717) is 19.5 Å². The summed E-state index contributed by atoms with van der Waals surface area (Å²) in [6.07, 6.45) is 0.753. The predicted octanol–water partition coefficient (Wildman–Crippen LogP) is 2.99. The summed E-state index contributed by atoms with van der Waals surface area (Å²) in [6.45, 7) is 1.28. The molecule has 0 aromatic heterocycles. The first-order valence-corrected chi connectivity index (χ1v) is 10.4. The van der Waals surface area contributed by atoms with Crippen LogP contribution in [0.15, 0.2) is 18.2 Å². The van der Waals surface area contributed by atoms with E-state index in [4.69, 9.17) is 16.3 Å². The molecule has 2 atom stereocenters. The van der Waals surface area contributed by atoms with E-state index in [0.717, 1.165) is 18.2 Å². The van der Waals surface area contributed by atoms with Crippen LogP contribution in [-0.2, 0) is 15.5 Å². The van der Waals surface area contributed by atoms with E-state index in [2.05, 4.69) is 5.32 Å². The number of hydrogen-bond donors (Lipinski definition) is 1. The number of rotatable bonds is 2. The molecule has 10 heteroatoms. The van der Waals surface area contributed by atoms with Gasteiger partial charge in [0.25, 0.3) is 5.92 Å². The molecule has 1 aromatic rings. The van der Waals surface area contributed by atoms with Crippen LogP contribution in [0.4, 0.5) is 18.0 Å². The van der Waals surface area contributed by atoms with Gasteiger partial charge in [-0.3, -0.25) is 4.79 Å². The number of halogens is 4. The van der Waals surface area contributed by atoms with E-state index in [1.807, 2.05) is 0 Å². The summed E-state index contributed by atoms with van der Waals surface area (Å²) < 4.78 is 48.6. The minimum Gasteiger partial charge on any atom is -0.366 e. The van der Waals surface area contributed by atoms with Crippen LogP contribution in [0.3, 0.4) is 0 Å². The van der Waals surface area contributed by atoms with Gasteiger partial charge >= 0.3 is 6.03 Å². The van der Waals surface area contributed by atoms with Crippen molar-refractivity contribution in [1.29, 1.82) is 0 Å². The van der Waals surface area contributed by atoms with Crippen molar-refractivity contribution in [2.45, 2.75) is 37.3 Å². The van der Waals surface area contributed by atoms with E-state index in [-0.39, 0.29) is 67.2 Å². The number of morpholine rings is 1. The molecule has 164 valence electrons. The molecule has 3 amide bonds. The maximum absolute atomic E-state index is 15.0. The Morgan fingerprint density at radius 3 is 2.57 bits per heavy atom. The molecule has 1 N–H and O–H groups in total. The fourth-order valence-corrected chi connectivity index (χ4v) is 4.78. The van der Waals surface area contributed by atoms with Crippen molar-refractivity contribution in [2.75, 3.05) is 32.8 Å². The highest BCUT2D eigenvalue weighted by molar-refractivity contribution is 6.31. The number of carbonyl (C=O) groups excluding carboxylic acids is 2. The number of carbonyl (C=O) groups is 2. The van der Waals surface area contributed by atoms with Gasteiger partial charge in [-0.2, -0.15) is 0 Å². The van der Waals surface area contributed by atoms with Gasteiger partial charge in [0.2, 0.25) is 5.91 Å². The van der Waals surface area contributed by atoms with Gasteiger partial charge in [-0.05, 0) is 37.5 Å². The minimum atomic E-state index is -3.21. The van der Waals surface area contributed by atoms with Gasteiger partial charge in [-0.1, -0.05) is 11.6 Å². The molecule has 3 aliphatic rings. The second-order valence-corrected chi connectivity index (χ2v) is 8.46. The van der Waals surface area contributed by atoms with Crippen LogP contribution < -0.4 is 5.32 Å². The Balaban J connectivity index is 1.36. The smallest absolute Gasteiger partial charge is 0.320 e. The molecule has 6 nitrogen and oxygen atoms in total. The predicted molar refractivity (Wildman–Crippen MR) is 103 cm³/mol. The van der Waals surface area contributed by atoms with Crippen molar-refractivity contribution in [3.05, 3.63) is 34.6 Å². The molecule has 3 heterocycles. The van der Waals surface area contributed by atoms with E-state index < -0.39 is 17.7 Å². The van der Waals surface area contributed by atoms with Gasteiger partial charge in [0.05, 0.1) is 17.2 Å². The first-order valence-electron chi connectivity index (χ1n) is 10.0. The summed E-state index contributed by atoms with van der Waals surface area (Å²) in [5.41, 5.74) is -0.384. The molecule has 1 aromatic carbocycles. The Kier molecular flexibility index (Phi) is 5.85. The number of alkyl halides is 2. The van der Waals surface area contributed by atoms with Crippen LogP contribution in [0.25, 0.3) is 0 Å². The molecule has 0 saturated carbocycles. The second kappa shape index (κ2) is 8.26. The van der Waals surface area contributed by atoms with Crippen molar-refractivity contribution in [1.82, 2.24) is 15.1 Å². The fourth-order valence-electron chi connectivity index (χ4n) is 4.49. The number of amides is 3. The maximum Gasteiger partial charge on any atom is 0.320 e. The van der Waals surface area contributed by atoms with Gasteiger partial charge in [0.15, 0.2) is 0 Å². The third kappa shape index (κ3) is 4.09. The van der Waals surface area contributed by atoms with Gasteiger partial charge in [0.1, 0.15) is 12.4 Å². The zero-order valence-corrected chi connectivity index (χ0v) is 17.0. The van der Waals surface area contributed by atoms with Crippen molar-refractivity contribution >= 4 is 23.5 Å². The zero-order valence-electron chi connectivity index (χ0n) is 16.3. The largest absolute Gasteiger partial charge is 0.366 e. The summed E-state index contributed by atoms with van der Waals surface area (Å²) in [5, 5.41) is 2.55. The number of ether oxygens (including phenoxy) is 1. The van der Waals surface area contributed by atoms with E-state index in [1.165, 1.54) is 0 Å². The average Bonchev–Trinajstić information content (AvgIpc) is 2.72. The Morgan fingerprint density at radius 2 is 1.87 bits per heavy atom. The fraction of sp³-hybridized carbons (Fsp3) is 0.600. The molecule has 0 bridgehead atoms. The second-order valence-electron chi connectivity index (χ2n) is 8.05. The van der Waals surface area contributed by atoms with Gasteiger partial charge in [0, 0.05) is 37.7 Å². The van der Waals surface area contributed by atoms with E-state index in [9.17, 15) is 22.8 Å². The number of benzene rings is 1. The number of piperidine rings is 2. The SMILES string of the molecule is O=C1COC2CCN(C(=O)N3CCC(C(F)(F)c4ccc(F)cc4Cl)CC3)CC2N1. The molecule has 0 radical (unpaired) electrons.